The van der Waals surface area contributed by atoms with E-state index in [1.165, 1.54) is 25.2 Å². The third-order valence-corrected chi connectivity index (χ3v) is 6.24. The quantitative estimate of drug-likeness (QED) is 0.848. The van der Waals surface area contributed by atoms with E-state index in [4.69, 9.17) is 11.6 Å². The number of halogens is 1. The van der Waals surface area contributed by atoms with Gasteiger partial charge in [-0.25, -0.2) is 8.42 Å². The number of aryl methyl sites for hydroxylation is 2. The molecule has 0 aromatic heterocycles. The van der Waals surface area contributed by atoms with Crippen molar-refractivity contribution in [1.82, 2.24) is 5.32 Å². The molecule has 0 spiro atoms. The summed E-state index contributed by atoms with van der Waals surface area (Å²) in [5, 5.41) is 2.73. The molecule has 0 radical (unpaired) electrons. The van der Waals surface area contributed by atoms with E-state index in [-0.39, 0.29) is 27.1 Å². The third-order valence-electron chi connectivity index (χ3n) is 4.26. The summed E-state index contributed by atoms with van der Waals surface area (Å²) in [6.45, 7) is 7.34. The Morgan fingerprint density at radius 1 is 1.00 bits per heavy atom. The second-order valence-electron chi connectivity index (χ2n) is 5.97. The maximum absolute atomic E-state index is 12.9. The van der Waals surface area contributed by atoms with Gasteiger partial charge in [-0.1, -0.05) is 17.7 Å². The van der Waals surface area contributed by atoms with Crippen LogP contribution in [0.15, 0.2) is 29.2 Å². The number of hydrogen-bond donors (Lipinski definition) is 2. The van der Waals surface area contributed by atoms with Crippen molar-refractivity contribution in [2.24, 2.45) is 0 Å². The van der Waals surface area contributed by atoms with Crippen LogP contribution < -0.4 is 10.0 Å². The van der Waals surface area contributed by atoms with Crippen molar-refractivity contribution in [3.05, 3.63) is 57.1 Å². The summed E-state index contributed by atoms with van der Waals surface area (Å²) in [4.78, 5) is 12.1. The van der Waals surface area contributed by atoms with Gasteiger partial charge in [0, 0.05) is 12.7 Å². The lowest BCUT2D eigenvalue weighted by atomic mass is 10.0. The van der Waals surface area contributed by atoms with Crippen LogP contribution in [0, 0.1) is 27.7 Å². The van der Waals surface area contributed by atoms with Crippen LogP contribution in [0.4, 0.5) is 5.69 Å². The molecule has 2 N–H and O–H groups in total. The third kappa shape index (κ3) is 3.80. The molecule has 0 fully saturated rings. The van der Waals surface area contributed by atoms with Crippen LogP contribution in [-0.2, 0) is 10.0 Å². The molecule has 0 aliphatic heterocycles. The molecule has 1 amide bonds. The summed E-state index contributed by atoms with van der Waals surface area (Å²) in [5.74, 6) is -0.384. The van der Waals surface area contributed by atoms with Crippen molar-refractivity contribution in [3.8, 4) is 0 Å². The largest absolute Gasteiger partial charge is 0.355 e. The fourth-order valence-corrected chi connectivity index (χ4v) is 4.56. The number of hydrogen-bond acceptors (Lipinski definition) is 3. The van der Waals surface area contributed by atoms with Crippen LogP contribution in [0.25, 0.3) is 0 Å². The first kappa shape index (κ1) is 19.3. The standard InChI is InChI=1S/C18H21ClN2O3S/c1-10-8-11(2)13(4)17(12(10)3)25(23,24)21-14-6-7-16(19)15(9-14)18(22)20-5/h6-9,21H,1-5H3,(H,20,22). The van der Waals surface area contributed by atoms with Gasteiger partial charge in [-0.2, -0.15) is 0 Å². The summed E-state index contributed by atoms with van der Waals surface area (Å²) in [7, 11) is -2.32. The van der Waals surface area contributed by atoms with Crippen molar-refractivity contribution < 1.29 is 13.2 Å². The lowest BCUT2D eigenvalue weighted by Gasteiger charge is -2.17. The first-order valence-corrected chi connectivity index (χ1v) is 9.56. The van der Waals surface area contributed by atoms with E-state index in [0.717, 1.165) is 11.1 Å². The van der Waals surface area contributed by atoms with E-state index < -0.39 is 10.0 Å². The number of rotatable bonds is 4. The van der Waals surface area contributed by atoms with E-state index in [9.17, 15) is 13.2 Å². The molecule has 2 aromatic rings. The zero-order chi connectivity index (χ0) is 18.9. The molecule has 25 heavy (non-hydrogen) atoms. The fourth-order valence-electron chi connectivity index (χ4n) is 2.69. The van der Waals surface area contributed by atoms with Gasteiger partial charge in [-0.15, -0.1) is 0 Å². The van der Waals surface area contributed by atoms with Crippen molar-refractivity contribution in [1.29, 1.82) is 0 Å². The maximum atomic E-state index is 12.9. The van der Waals surface area contributed by atoms with Gasteiger partial charge in [0.15, 0.2) is 0 Å². The SMILES string of the molecule is CNC(=O)c1cc(NS(=O)(=O)c2c(C)c(C)cc(C)c2C)ccc1Cl. The molecule has 0 bridgehead atoms. The number of sulfonamides is 1. The number of nitrogens with one attached hydrogen (secondary N) is 2. The second-order valence-corrected chi connectivity index (χ2v) is 8.00. The zero-order valence-electron chi connectivity index (χ0n) is 14.8. The summed E-state index contributed by atoms with van der Waals surface area (Å²) in [5.41, 5.74) is 3.71. The highest BCUT2D eigenvalue weighted by Crippen LogP contribution is 2.29. The van der Waals surface area contributed by atoms with Crippen LogP contribution in [0.2, 0.25) is 5.02 Å². The topological polar surface area (TPSA) is 75.3 Å². The normalized spacial score (nSPS) is 11.3. The molecule has 0 aliphatic rings. The van der Waals surface area contributed by atoms with Gasteiger partial charge in [0.25, 0.3) is 15.9 Å². The van der Waals surface area contributed by atoms with Gasteiger partial charge in [0.05, 0.1) is 15.5 Å². The van der Waals surface area contributed by atoms with Crippen LogP contribution in [0.3, 0.4) is 0 Å². The average Bonchev–Trinajstić information content (AvgIpc) is 2.53. The minimum absolute atomic E-state index is 0.207. The zero-order valence-corrected chi connectivity index (χ0v) is 16.4. The van der Waals surface area contributed by atoms with Gasteiger partial charge in [0.2, 0.25) is 0 Å². The van der Waals surface area contributed by atoms with E-state index in [2.05, 4.69) is 10.0 Å². The van der Waals surface area contributed by atoms with Crippen molar-refractivity contribution in [2.45, 2.75) is 32.6 Å². The number of carbonyl (C=O) groups excluding carboxylic acids is 1. The average molecular weight is 381 g/mol. The molecule has 5 nitrogen and oxygen atoms in total. The predicted molar refractivity (Wildman–Crippen MR) is 101 cm³/mol. The van der Waals surface area contributed by atoms with E-state index in [1.54, 1.807) is 13.8 Å². The molecule has 7 heteroatoms. The molecule has 0 aliphatic carbocycles. The lowest BCUT2D eigenvalue weighted by Crippen LogP contribution is -2.20. The first-order valence-electron chi connectivity index (χ1n) is 7.70. The molecule has 0 saturated heterocycles. The summed E-state index contributed by atoms with van der Waals surface area (Å²) < 4.78 is 28.4. The Morgan fingerprint density at radius 2 is 1.56 bits per heavy atom. The fraction of sp³-hybridized carbons (Fsp3) is 0.278. The van der Waals surface area contributed by atoms with E-state index in [0.29, 0.717) is 11.1 Å². The van der Waals surface area contributed by atoms with Crippen molar-refractivity contribution in [3.63, 3.8) is 0 Å². The Hall–Kier alpha value is -2.05. The summed E-state index contributed by atoms with van der Waals surface area (Å²) in [6, 6.07) is 6.41. The Kier molecular flexibility index (Phi) is 5.44. The number of amides is 1. The Morgan fingerprint density at radius 3 is 2.08 bits per heavy atom. The monoisotopic (exact) mass is 380 g/mol. The molecule has 0 atom stereocenters. The van der Waals surface area contributed by atoms with Crippen molar-refractivity contribution >= 4 is 33.2 Å². The van der Waals surface area contributed by atoms with E-state index >= 15 is 0 Å². The van der Waals surface area contributed by atoms with Gasteiger partial charge < -0.3 is 5.32 Å². The molecule has 0 unspecified atom stereocenters. The number of benzene rings is 2. The maximum Gasteiger partial charge on any atom is 0.262 e. The van der Waals surface area contributed by atoms with Gasteiger partial charge in [0.1, 0.15) is 0 Å². The second kappa shape index (κ2) is 7.06. The number of carbonyl (C=O) groups is 1. The van der Waals surface area contributed by atoms with E-state index in [1.807, 2.05) is 19.9 Å². The highest BCUT2D eigenvalue weighted by Gasteiger charge is 2.23. The molecule has 2 rings (SSSR count). The highest BCUT2D eigenvalue weighted by molar-refractivity contribution is 7.92. The first-order chi connectivity index (χ1) is 11.6. The minimum atomic E-state index is -3.81. The Labute approximate surface area is 153 Å². The van der Waals surface area contributed by atoms with Crippen LogP contribution >= 0.6 is 11.6 Å². The molecule has 0 saturated carbocycles. The molecular weight excluding hydrogens is 360 g/mol. The molecule has 134 valence electrons. The lowest BCUT2D eigenvalue weighted by molar-refractivity contribution is 0.0963. The highest BCUT2D eigenvalue weighted by atomic mass is 35.5. The molecular formula is C18H21ClN2O3S. The summed E-state index contributed by atoms with van der Waals surface area (Å²) >= 11 is 6.01. The molecule has 0 heterocycles. The van der Waals surface area contributed by atoms with Gasteiger partial charge in [-0.3, -0.25) is 9.52 Å². The smallest absolute Gasteiger partial charge is 0.262 e. The summed E-state index contributed by atoms with van der Waals surface area (Å²) in [6.07, 6.45) is 0. The minimum Gasteiger partial charge on any atom is -0.355 e. The van der Waals surface area contributed by atoms with Gasteiger partial charge in [-0.05, 0) is 68.1 Å². The molecule has 2 aromatic carbocycles. The van der Waals surface area contributed by atoms with Crippen molar-refractivity contribution in [2.75, 3.05) is 11.8 Å². The van der Waals surface area contributed by atoms with Crippen LogP contribution in [0.1, 0.15) is 32.6 Å². The van der Waals surface area contributed by atoms with Crippen LogP contribution in [-0.4, -0.2) is 21.4 Å². The number of anilines is 1. The Bertz CT molecular complexity index is 927. The van der Waals surface area contributed by atoms with Crippen LogP contribution in [0.5, 0.6) is 0 Å². The predicted octanol–water partition coefficient (Wildman–Crippen LogP) is 3.73. The van der Waals surface area contributed by atoms with Gasteiger partial charge >= 0.3 is 0 Å². The Balaban J connectivity index is 2.53.